The largest absolute Gasteiger partial charge is 0.361 e. The molecule has 1 N–H and O–H groups in total. The maximum absolute atomic E-state index is 12.1. The number of carbonyl (C=O) groups is 2. The summed E-state index contributed by atoms with van der Waals surface area (Å²) in [6.45, 7) is 6.92. The molecule has 0 atom stereocenters. The van der Waals surface area contributed by atoms with Crippen molar-refractivity contribution < 1.29 is 18.6 Å². The van der Waals surface area contributed by atoms with Crippen LogP contribution < -0.4 is 5.32 Å². The second-order valence-electron chi connectivity index (χ2n) is 6.91. The highest BCUT2D eigenvalue weighted by Crippen LogP contribution is 2.25. The molecule has 1 aliphatic heterocycles. The molecule has 3 heterocycles. The minimum Gasteiger partial charge on any atom is -0.361 e. The van der Waals surface area contributed by atoms with Crippen LogP contribution in [0.5, 0.6) is 0 Å². The van der Waals surface area contributed by atoms with Crippen LogP contribution >= 0.6 is 0 Å². The van der Waals surface area contributed by atoms with E-state index in [0.29, 0.717) is 37.6 Å². The van der Waals surface area contributed by atoms with Gasteiger partial charge in [0.25, 0.3) is 0 Å². The van der Waals surface area contributed by atoms with Gasteiger partial charge in [0.15, 0.2) is 5.82 Å². The van der Waals surface area contributed by atoms with E-state index in [1.165, 1.54) is 0 Å². The zero-order valence-electron chi connectivity index (χ0n) is 15.9. The lowest BCUT2D eigenvalue weighted by molar-refractivity contribution is -0.129. The minimum absolute atomic E-state index is 0.0930. The Balaban J connectivity index is 1.44. The van der Waals surface area contributed by atoms with Gasteiger partial charge in [-0.3, -0.25) is 9.59 Å². The number of nitrogens with one attached hydrogen (secondary N) is 1. The molecule has 2 aromatic rings. The quantitative estimate of drug-likeness (QED) is 0.816. The number of carbonyl (C=O) groups excluding carboxylic acids is 2. The summed E-state index contributed by atoms with van der Waals surface area (Å²) >= 11 is 0. The lowest BCUT2D eigenvalue weighted by Crippen LogP contribution is -2.36. The van der Waals surface area contributed by atoms with E-state index in [0.717, 1.165) is 29.9 Å². The summed E-state index contributed by atoms with van der Waals surface area (Å²) in [7, 11) is 0. The number of rotatable bonds is 6. The van der Waals surface area contributed by atoms with E-state index in [1.54, 1.807) is 6.92 Å². The molecule has 27 heavy (non-hydrogen) atoms. The first-order valence-corrected chi connectivity index (χ1v) is 9.20. The predicted molar refractivity (Wildman–Crippen MR) is 94.7 cm³/mol. The predicted octanol–water partition coefficient (Wildman–Crippen LogP) is 1.65. The van der Waals surface area contributed by atoms with E-state index in [2.05, 4.69) is 20.6 Å². The number of amides is 2. The molecular formula is C18H25N5O4. The van der Waals surface area contributed by atoms with Crippen LogP contribution in [-0.4, -0.2) is 45.1 Å². The number of aromatic nitrogens is 3. The van der Waals surface area contributed by atoms with Crippen LogP contribution in [0.3, 0.4) is 0 Å². The first-order valence-electron chi connectivity index (χ1n) is 9.20. The van der Waals surface area contributed by atoms with Gasteiger partial charge in [0.1, 0.15) is 5.76 Å². The van der Waals surface area contributed by atoms with Crippen molar-refractivity contribution in [2.45, 2.75) is 58.9 Å². The van der Waals surface area contributed by atoms with Gasteiger partial charge in [-0.25, -0.2) is 0 Å². The summed E-state index contributed by atoms with van der Waals surface area (Å²) in [5, 5.41) is 10.7. The second kappa shape index (κ2) is 8.32. The van der Waals surface area contributed by atoms with Crippen LogP contribution in [0, 0.1) is 13.8 Å². The van der Waals surface area contributed by atoms with Gasteiger partial charge >= 0.3 is 0 Å². The highest BCUT2D eigenvalue weighted by atomic mass is 16.5. The molecule has 1 aliphatic rings. The molecule has 2 aromatic heterocycles. The monoisotopic (exact) mass is 375 g/mol. The average molecular weight is 375 g/mol. The number of piperidine rings is 1. The third-order valence-corrected chi connectivity index (χ3v) is 5.01. The summed E-state index contributed by atoms with van der Waals surface area (Å²) in [5.41, 5.74) is 1.79. The fourth-order valence-corrected chi connectivity index (χ4v) is 3.32. The van der Waals surface area contributed by atoms with Crippen LogP contribution in [0.25, 0.3) is 0 Å². The van der Waals surface area contributed by atoms with E-state index in [-0.39, 0.29) is 24.3 Å². The van der Waals surface area contributed by atoms with E-state index in [4.69, 9.17) is 9.05 Å². The van der Waals surface area contributed by atoms with Crippen LogP contribution in [0.15, 0.2) is 9.05 Å². The first kappa shape index (κ1) is 19.1. The Morgan fingerprint density at radius 1 is 1.19 bits per heavy atom. The fraction of sp³-hybridized carbons (Fsp3) is 0.611. The summed E-state index contributed by atoms with van der Waals surface area (Å²) in [5.74, 6) is 1.99. The smallest absolute Gasteiger partial charge is 0.246 e. The van der Waals surface area contributed by atoms with Gasteiger partial charge in [-0.05, 0) is 33.1 Å². The first-order chi connectivity index (χ1) is 12.9. The van der Waals surface area contributed by atoms with Gasteiger partial charge in [-0.1, -0.05) is 10.3 Å². The van der Waals surface area contributed by atoms with Crippen molar-refractivity contribution in [2.75, 3.05) is 13.1 Å². The molecule has 9 heteroatoms. The number of nitrogens with zero attached hydrogens (tertiary/aromatic N) is 4. The normalized spacial score (nSPS) is 15.1. The number of aryl methyl sites for hydroxylation is 2. The minimum atomic E-state index is -0.0930. The Hall–Kier alpha value is -2.71. The molecule has 0 spiro atoms. The van der Waals surface area contributed by atoms with E-state index in [1.807, 2.05) is 18.7 Å². The lowest BCUT2D eigenvalue weighted by atomic mass is 9.96. The summed E-state index contributed by atoms with van der Waals surface area (Å²) in [4.78, 5) is 29.7. The van der Waals surface area contributed by atoms with Crippen molar-refractivity contribution in [2.24, 2.45) is 0 Å². The van der Waals surface area contributed by atoms with Crippen molar-refractivity contribution in [3.8, 4) is 0 Å². The Morgan fingerprint density at radius 2 is 1.93 bits per heavy atom. The van der Waals surface area contributed by atoms with Gasteiger partial charge in [-0.2, -0.15) is 4.98 Å². The SMILES string of the molecule is CC(=O)N1CCC(c2noc(CNC(=O)CCc3c(C)noc3C)n2)CC1. The molecule has 0 saturated carbocycles. The van der Waals surface area contributed by atoms with Crippen LogP contribution in [0.2, 0.25) is 0 Å². The van der Waals surface area contributed by atoms with E-state index in [9.17, 15) is 9.59 Å². The van der Waals surface area contributed by atoms with E-state index < -0.39 is 0 Å². The molecule has 1 saturated heterocycles. The summed E-state index contributed by atoms with van der Waals surface area (Å²) in [6.07, 6.45) is 2.56. The van der Waals surface area contributed by atoms with Crippen molar-refractivity contribution in [1.29, 1.82) is 0 Å². The molecule has 2 amide bonds. The average Bonchev–Trinajstić information content (AvgIpc) is 3.25. The van der Waals surface area contributed by atoms with E-state index >= 15 is 0 Å². The summed E-state index contributed by atoms with van der Waals surface area (Å²) < 4.78 is 10.4. The highest BCUT2D eigenvalue weighted by Gasteiger charge is 2.25. The molecule has 1 fully saturated rings. The molecule has 0 radical (unpaired) electrons. The fourth-order valence-electron chi connectivity index (χ4n) is 3.32. The molecule has 0 unspecified atom stereocenters. The lowest BCUT2D eigenvalue weighted by Gasteiger charge is -2.29. The molecule has 3 rings (SSSR count). The van der Waals surface area contributed by atoms with Gasteiger partial charge in [-0.15, -0.1) is 0 Å². The zero-order chi connectivity index (χ0) is 19.4. The van der Waals surface area contributed by atoms with Crippen LogP contribution in [0.4, 0.5) is 0 Å². The van der Waals surface area contributed by atoms with Crippen molar-refractivity contribution in [3.05, 3.63) is 28.7 Å². The van der Waals surface area contributed by atoms with Crippen molar-refractivity contribution >= 4 is 11.8 Å². The second-order valence-corrected chi connectivity index (χ2v) is 6.91. The van der Waals surface area contributed by atoms with Gasteiger partial charge in [0.2, 0.25) is 17.7 Å². The maximum atomic E-state index is 12.1. The summed E-state index contributed by atoms with van der Waals surface area (Å²) in [6, 6.07) is 0. The Labute approximate surface area is 157 Å². The Bertz CT molecular complexity index is 785. The molecule has 0 aliphatic carbocycles. The van der Waals surface area contributed by atoms with Crippen LogP contribution in [-0.2, 0) is 22.6 Å². The van der Waals surface area contributed by atoms with Gasteiger partial charge in [0.05, 0.1) is 12.2 Å². The van der Waals surface area contributed by atoms with Gasteiger partial charge in [0, 0.05) is 37.9 Å². The third kappa shape index (κ3) is 4.72. The topological polar surface area (TPSA) is 114 Å². The molecular weight excluding hydrogens is 350 g/mol. The zero-order valence-corrected chi connectivity index (χ0v) is 15.9. The Morgan fingerprint density at radius 3 is 2.56 bits per heavy atom. The molecule has 9 nitrogen and oxygen atoms in total. The third-order valence-electron chi connectivity index (χ3n) is 5.01. The highest BCUT2D eigenvalue weighted by molar-refractivity contribution is 5.76. The molecule has 0 bridgehead atoms. The molecule has 0 aromatic carbocycles. The standard InChI is InChI=1S/C18H25N5O4/c1-11-15(12(2)26-21-11)4-5-16(25)19-10-17-20-18(22-27-17)14-6-8-23(9-7-14)13(3)24/h14H,4-10H2,1-3H3,(H,19,25). The Kier molecular flexibility index (Phi) is 5.88. The van der Waals surface area contributed by atoms with Crippen molar-refractivity contribution in [3.63, 3.8) is 0 Å². The van der Waals surface area contributed by atoms with Crippen molar-refractivity contribution in [1.82, 2.24) is 25.5 Å². The van der Waals surface area contributed by atoms with Crippen LogP contribution in [0.1, 0.15) is 60.8 Å². The number of hydrogen-bond acceptors (Lipinski definition) is 7. The number of hydrogen-bond donors (Lipinski definition) is 1. The van der Waals surface area contributed by atoms with Gasteiger partial charge < -0.3 is 19.3 Å². The number of likely N-dealkylation sites (tertiary alicyclic amines) is 1. The maximum Gasteiger partial charge on any atom is 0.246 e. The molecule has 146 valence electrons.